The number of ether oxygens (including phenoxy) is 1. The first-order valence-corrected chi connectivity index (χ1v) is 8.90. The third kappa shape index (κ3) is 2.19. The number of fused-ring (bicyclic) bond motifs is 2. The van der Waals surface area contributed by atoms with Crippen LogP contribution in [0.15, 0.2) is 12.1 Å². The Morgan fingerprint density at radius 1 is 1.27 bits per heavy atom. The number of aryl methyl sites for hydroxylation is 2. The summed E-state index contributed by atoms with van der Waals surface area (Å²) < 4.78 is 6.74. The summed E-state index contributed by atoms with van der Waals surface area (Å²) in [6.07, 6.45) is 0.742. The van der Waals surface area contributed by atoms with Crippen molar-refractivity contribution in [1.29, 1.82) is 0 Å². The van der Waals surface area contributed by atoms with Gasteiger partial charge in [0.25, 0.3) is 5.91 Å². The molecule has 1 saturated carbocycles. The molecule has 2 aromatic heterocycles. The van der Waals surface area contributed by atoms with Crippen molar-refractivity contribution in [3.63, 3.8) is 0 Å². The maximum absolute atomic E-state index is 13.1. The first-order chi connectivity index (χ1) is 12.2. The summed E-state index contributed by atoms with van der Waals surface area (Å²) in [5.41, 5.74) is 2.30. The molecule has 4 rings (SSSR count). The highest BCUT2D eigenvalue weighted by Gasteiger charge is 2.68. The summed E-state index contributed by atoms with van der Waals surface area (Å²) in [4.78, 5) is 31.7. The molecular formula is C19H24N4O3. The second kappa shape index (κ2) is 5.28. The quantitative estimate of drug-likeness (QED) is 0.769. The number of likely N-dealkylation sites (tertiary alicyclic amines) is 1. The largest absolute Gasteiger partial charge is 0.469 e. The Kier molecular flexibility index (Phi) is 3.45. The van der Waals surface area contributed by atoms with Crippen molar-refractivity contribution in [2.75, 3.05) is 20.2 Å². The highest BCUT2D eigenvalue weighted by Crippen LogP contribution is 2.63. The van der Waals surface area contributed by atoms with E-state index in [-0.39, 0.29) is 23.2 Å². The zero-order valence-electron chi connectivity index (χ0n) is 15.9. The Morgan fingerprint density at radius 2 is 2.00 bits per heavy atom. The van der Waals surface area contributed by atoms with Crippen LogP contribution >= 0.6 is 0 Å². The molecule has 7 heteroatoms. The Bertz CT molecular complexity index is 932. The molecule has 2 atom stereocenters. The van der Waals surface area contributed by atoms with Crippen LogP contribution in [-0.2, 0) is 9.53 Å². The van der Waals surface area contributed by atoms with E-state index >= 15 is 0 Å². The number of aromatic nitrogens is 3. The van der Waals surface area contributed by atoms with Crippen LogP contribution in [0, 0.1) is 30.6 Å². The highest BCUT2D eigenvalue weighted by atomic mass is 16.5. The summed E-state index contributed by atoms with van der Waals surface area (Å²) >= 11 is 0. The second-order valence-corrected chi connectivity index (χ2v) is 8.39. The van der Waals surface area contributed by atoms with Gasteiger partial charge in [0.05, 0.1) is 12.5 Å². The van der Waals surface area contributed by atoms with Gasteiger partial charge in [-0.05, 0) is 37.7 Å². The minimum atomic E-state index is -0.572. The van der Waals surface area contributed by atoms with Crippen LogP contribution < -0.4 is 0 Å². The average molecular weight is 356 g/mol. The lowest BCUT2D eigenvalue weighted by Gasteiger charge is -2.54. The molecule has 1 aliphatic carbocycles. The lowest BCUT2D eigenvalue weighted by atomic mass is 9.48. The second-order valence-electron chi connectivity index (χ2n) is 8.39. The molecule has 2 aliphatic rings. The molecular weight excluding hydrogens is 332 g/mol. The van der Waals surface area contributed by atoms with Crippen LogP contribution in [0.4, 0.5) is 0 Å². The van der Waals surface area contributed by atoms with Gasteiger partial charge >= 0.3 is 5.97 Å². The monoisotopic (exact) mass is 356 g/mol. The molecule has 2 fully saturated rings. The molecule has 0 spiro atoms. The molecule has 0 bridgehead atoms. The van der Waals surface area contributed by atoms with Crippen LogP contribution in [0.1, 0.15) is 42.1 Å². The van der Waals surface area contributed by atoms with Gasteiger partial charge in [0.1, 0.15) is 0 Å². The predicted octanol–water partition coefficient (Wildman–Crippen LogP) is 2.01. The van der Waals surface area contributed by atoms with Crippen LogP contribution in [0.25, 0.3) is 5.65 Å². The number of methoxy groups -OCH3 is 1. The van der Waals surface area contributed by atoms with E-state index in [9.17, 15) is 9.59 Å². The van der Waals surface area contributed by atoms with Gasteiger partial charge in [-0.2, -0.15) is 5.10 Å². The van der Waals surface area contributed by atoms with Crippen molar-refractivity contribution < 1.29 is 14.3 Å². The number of amides is 1. The number of esters is 1. The van der Waals surface area contributed by atoms with Crippen molar-refractivity contribution in [3.05, 3.63) is 29.2 Å². The van der Waals surface area contributed by atoms with Crippen molar-refractivity contribution in [1.82, 2.24) is 19.5 Å². The Hall–Kier alpha value is -2.44. The van der Waals surface area contributed by atoms with E-state index in [2.05, 4.69) is 23.9 Å². The van der Waals surface area contributed by atoms with Gasteiger partial charge in [-0.3, -0.25) is 9.59 Å². The molecule has 2 aromatic rings. The van der Waals surface area contributed by atoms with Gasteiger partial charge in [0, 0.05) is 30.5 Å². The van der Waals surface area contributed by atoms with Crippen LogP contribution in [0.5, 0.6) is 0 Å². The molecule has 1 aliphatic heterocycles. The third-order valence-electron chi connectivity index (χ3n) is 6.09. The molecule has 7 nitrogen and oxygen atoms in total. The first kappa shape index (κ1) is 17.0. The molecule has 0 radical (unpaired) electrons. The van der Waals surface area contributed by atoms with E-state index in [0.717, 1.165) is 17.8 Å². The topological polar surface area (TPSA) is 76.8 Å². The van der Waals surface area contributed by atoms with E-state index in [1.165, 1.54) is 7.11 Å². The number of nitrogens with zero attached hydrogens (tertiary/aromatic N) is 4. The average Bonchev–Trinajstić information content (AvgIpc) is 3.13. The summed E-state index contributed by atoms with van der Waals surface area (Å²) in [7, 11) is 1.42. The molecule has 0 aromatic carbocycles. The number of rotatable bonds is 2. The van der Waals surface area contributed by atoms with Gasteiger partial charge in [-0.25, -0.2) is 9.50 Å². The normalized spacial score (nSPS) is 26.5. The van der Waals surface area contributed by atoms with Gasteiger partial charge in [-0.15, -0.1) is 0 Å². The van der Waals surface area contributed by atoms with Gasteiger partial charge in [-0.1, -0.05) is 13.8 Å². The maximum Gasteiger partial charge on any atom is 0.314 e. The zero-order valence-corrected chi connectivity index (χ0v) is 15.9. The lowest BCUT2D eigenvalue weighted by Crippen LogP contribution is -2.57. The predicted molar refractivity (Wildman–Crippen MR) is 94.7 cm³/mol. The van der Waals surface area contributed by atoms with Gasteiger partial charge < -0.3 is 9.64 Å². The Balaban J connectivity index is 1.66. The summed E-state index contributed by atoms with van der Waals surface area (Å²) in [6, 6.07) is 3.65. The number of carbonyl (C=O) groups is 2. The van der Waals surface area contributed by atoms with E-state index < -0.39 is 5.41 Å². The maximum atomic E-state index is 13.1. The fourth-order valence-electron chi connectivity index (χ4n) is 5.08. The Labute approximate surface area is 152 Å². The summed E-state index contributed by atoms with van der Waals surface area (Å²) in [6.45, 7) is 9.10. The van der Waals surface area contributed by atoms with Gasteiger partial charge in [0.15, 0.2) is 11.3 Å². The molecule has 3 heterocycles. The van der Waals surface area contributed by atoms with E-state index in [1.54, 1.807) is 15.5 Å². The number of hydrogen-bond acceptors (Lipinski definition) is 5. The SMILES string of the molecule is COC(=O)[C@@]12CN(C(=O)c3cc4nc(C)cc(C)n4n3)C[C@@H]1C(C)(C)C2. The molecule has 26 heavy (non-hydrogen) atoms. The number of hydrogen-bond donors (Lipinski definition) is 0. The minimum absolute atomic E-state index is 0.0252. The fraction of sp³-hybridized carbons (Fsp3) is 0.579. The molecule has 1 amide bonds. The summed E-state index contributed by atoms with van der Waals surface area (Å²) in [5, 5.41) is 4.44. The van der Waals surface area contributed by atoms with Crippen molar-refractivity contribution in [3.8, 4) is 0 Å². The van der Waals surface area contributed by atoms with E-state index in [0.29, 0.717) is 24.4 Å². The van der Waals surface area contributed by atoms with Crippen LogP contribution in [0.2, 0.25) is 0 Å². The molecule has 138 valence electrons. The smallest absolute Gasteiger partial charge is 0.314 e. The zero-order chi connectivity index (χ0) is 18.9. The number of carbonyl (C=O) groups excluding carboxylic acids is 2. The molecule has 1 saturated heterocycles. The van der Waals surface area contributed by atoms with Crippen molar-refractivity contribution in [2.45, 2.75) is 34.1 Å². The molecule has 0 N–H and O–H groups in total. The van der Waals surface area contributed by atoms with E-state index in [1.807, 2.05) is 19.9 Å². The Morgan fingerprint density at radius 3 is 2.65 bits per heavy atom. The van der Waals surface area contributed by atoms with Crippen LogP contribution in [0.3, 0.4) is 0 Å². The summed E-state index contributed by atoms with van der Waals surface area (Å²) in [5.74, 6) is -0.244. The minimum Gasteiger partial charge on any atom is -0.469 e. The van der Waals surface area contributed by atoms with Gasteiger partial charge in [0.2, 0.25) is 0 Å². The first-order valence-electron chi connectivity index (χ1n) is 8.90. The highest BCUT2D eigenvalue weighted by molar-refractivity contribution is 5.94. The molecule has 0 unspecified atom stereocenters. The van der Waals surface area contributed by atoms with Crippen LogP contribution in [-0.4, -0.2) is 51.6 Å². The standard InChI is InChI=1S/C19H24N4O3/c1-11-6-12(2)23-15(20-11)7-13(21-23)16(24)22-8-14-18(3,4)9-19(14,10-22)17(25)26-5/h6-7,14H,8-10H2,1-5H3/t14-,19+/m1/s1. The third-order valence-corrected chi connectivity index (χ3v) is 6.09. The van der Waals surface area contributed by atoms with E-state index in [4.69, 9.17) is 4.74 Å². The van der Waals surface area contributed by atoms with Crippen molar-refractivity contribution in [2.24, 2.45) is 16.7 Å². The fourth-order valence-corrected chi connectivity index (χ4v) is 5.08. The van der Waals surface area contributed by atoms with Crippen molar-refractivity contribution >= 4 is 17.5 Å². The lowest BCUT2D eigenvalue weighted by molar-refractivity contribution is -0.174.